The summed E-state index contributed by atoms with van der Waals surface area (Å²) in [6, 6.07) is 3.50. The molecule has 0 heterocycles. The van der Waals surface area contributed by atoms with Gasteiger partial charge in [-0.2, -0.15) is 0 Å². The van der Waals surface area contributed by atoms with E-state index in [0.717, 1.165) is 6.42 Å². The number of hydrogen-bond donors (Lipinski definition) is 2. The lowest BCUT2D eigenvalue weighted by Gasteiger charge is -2.34. The topological polar surface area (TPSA) is 41.1 Å². The van der Waals surface area contributed by atoms with Crippen molar-refractivity contribution in [2.24, 2.45) is 11.8 Å². The summed E-state index contributed by atoms with van der Waals surface area (Å²) < 4.78 is 0. The number of carbonyl (C=O) groups is 1. The first-order valence-electron chi connectivity index (χ1n) is 7.56. The number of benzene rings is 1. The van der Waals surface area contributed by atoms with Crippen molar-refractivity contribution in [3.8, 4) is 0 Å². The van der Waals surface area contributed by atoms with Gasteiger partial charge in [-0.05, 0) is 30.4 Å². The minimum atomic E-state index is -0.156. The van der Waals surface area contributed by atoms with E-state index in [1.165, 1.54) is 12.8 Å². The molecule has 0 aromatic heterocycles. The normalized spacial score (nSPS) is 25.0. The molecule has 1 amide bonds. The van der Waals surface area contributed by atoms with Gasteiger partial charge in [-0.15, -0.1) is 0 Å². The number of nitrogens with one attached hydrogen (secondary N) is 2. The summed E-state index contributed by atoms with van der Waals surface area (Å²) in [6.07, 6.45) is 3.59. The molecule has 1 aliphatic carbocycles. The largest absolute Gasteiger partial charge is 0.322 e. The summed E-state index contributed by atoms with van der Waals surface area (Å²) in [4.78, 5) is 12.1. The van der Waals surface area contributed by atoms with Crippen molar-refractivity contribution in [3.05, 3.63) is 27.2 Å². The maximum Gasteiger partial charge on any atom is 0.238 e. The fourth-order valence-corrected chi connectivity index (χ4v) is 3.85. The van der Waals surface area contributed by atoms with Crippen LogP contribution in [0.15, 0.2) is 12.1 Å². The molecule has 22 heavy (non-hydrogen) atoms. The van der Waals surface area contributed by atoms with Crippen LogP contribution in [0, 0.1) is 11.8 Å². The van der Waals surface area contributed by atoms with Crippen LogP contribution in [0.3, 0.4) is 0 Å². The van der Waals surface area contributed by atoms with Gasteiger partial charge in [0.25, 0.3) is 0 Å². The summed E-state index contributed by atoms with van der Waals surface area (Å²) in [5, 5.41) is 7.21. The Morgan fingerprint density at radius 3 is 2.45 bits per heavy atom. The number of anilines is 1. The summed E-state index contributed by atoms with van der Waals surface area (Å²) in [7, 11) is 0. The van der Waals surface area contributed by atoms with Crippen molar-refractivity contribution in [1.29, 1.82) is 0 Å². The van der Waals surface area contributed by atoms with Crippen LogP contribution in [-0.2, 0) is 4.79 Å². The average Bonchev–Trinajstić information content (AvgIpc) is 2.44. The minimum Gasteiger partial charge on any atom is -0.322 e. The molecule has 0 bridgehead atoms. The molecule has 0 saturated heterocycles. The van der Waals surface area contributed by atoms with E-state index in [2.05, 4.69) is 24.5 Å². The Morgan fingerprint density at radius 2 is 1.82 bits per heavy atom. The number of carbonyl (C=O) groups excluding carboxylic acids is 1. The van der Waals surface area contributed by atoms with Gasteiger partial charge in [-0.1, -0.05) is 61.5 Å². The third-order valence-electron chi connectivity index (χ3n) is 4.50. The van der Waals surface area contributed by atoms with Gasteiger partial charge in [0, 0.05) is 11.1 Å². The monoisotopic (exact) mass is 362 g/mol. The highest BCUT2D eigenvalue weighted by Gasteiger charge is 2.27. The van der Waals surface area contributed by atoms with Crippen LogP contribution in [0.1, 0.15) is 33.1 Å². The standard InChI is InChI=1S/C16H21Cl3N2O/c1-9-4-3-5-14(10(9)2)20-8-15(22)21-16-12(18)6-11(17)7-13(16)19/h6-7,9-10,14,20H,3-5,8H2,1-2H3,(H,21,22). The molecule has 122 valence electrons. The summed E-state index contributed by atoms with van der Waals surface area (Å²) in [6.45, 7) is 4.76. The van der Waals surface area contributed by atoms with Crippen molar-refractivity contribution in [3.63, 3.8) is 0 Å². The van der Waals surface area contributed by atoms with Gasteiger partial charge in [0.05, 0.1) is 22.3 Å². The van der Waals surface area contributed by atoms with Crippen molar-refractivity contribution >= 4 is 46.4 Å². The summed E-state index contributed by atoms with van der Waals surface area (Å²) >= 11 is 18.0. The molecule has 2 rings (SSSR count). The van der Waals surface area contributed by atoms with E-state index in [-0.39, 0.29) is 12.5 Å². The molecule has 2 N–H and O–H groups in total. The molecular weight excluding hydrogens is 343 g/mol. The zero-order valence-corrected chi connectivity index (χ0v) is 15.0. The lowest BCUT2D eigenvalue weighted by molar-refractivity contribution is -0.115. The van der Waals surface area contributed by atoms with E-state index in [1.54, 1.807) is 12.1 Å². The minimum absolute atomic E-state index is 0.156. The molecular formula is C16H21Cl3N2O. The highest BCUT2D eigenvalue weighted by atomic mass is 35.5. The van der Waals surface area contributed by atoms with E-state index < -0.39 is 0 Å². The summed E-state index contributed by atoms with van der Waals surface area (Å²) in [5.74, 6) is 1.11. The first kappa shape index (κ1) is 17.9. The van der Waals surface area contributed by atoms with E-state index in [9.17, 15) is 4.79 Å². The van der Waals surface area contributed by atoms with Crippen molar-refractivity contribution < 1.29 is 4.79 Å². The molecule has 3 nitrogen and oxygen atoms in total. The van der Waals surface area contributed by atoms with Crippen LogP contribution in [0.25, 0.3) is 0 Å². The second-order valence-corrected chi connectivity index (χ2v) is 7.30. The molecule has 1 aromatic carbocycles. The first-order chi connectivity index (χ1) is 10.4. The fraction of sp³-hybridized carbons (Fsp3) is 0.562. The van der Waals surface area contributed by atoms with Crippen LogP contribution in [0.4, 0.5) is 5.69 Å². The van der Waals surface area contributed by atoms with Crippen LogP contribution >= 0.6 is 34.8 Å². The maximum absolute atomic E-state index is 12.1. The van der Waals surface area contributed by atoms with E-state index in [4.69, 9.17) is 34.8 Å². The van der Waals surface area contributed by atoms with E-state index in [0.29, 0.717) is 38.6 Å². The van der Waals surface area contributed by atoms with Crippen LogP contribution < -0.4 is 10.6 Å². The van der Waals surface area contributed by atoms with Gasteiger partial charge in [0.1, 0.15) is 0 Å². The van der Waals surface area contributed by atoms with E-state index in [1.807, 2.05) is 0 Å². The SMILES string of the molecule is CC1CCCC(NCC(=O)Nc2c(Cl)cc(Cl)cc2Cl)C1C. The molecule has 3 atom stereocenters. The quantitative estimate of drug-likeness (QED) is 0.790. The predicted molar refractivity (Wildman–Crippen MR) is 94.1 cm³/mol. The Kier molecular flexibility index (Phi) is 6.39. The van der Waals surface area contributed by atoms with Crippen molar-refractivity contribution in [1.82, 2.24) is 5.32 Å². The van der Waals surface area contributed by atoms with Gasteiger partial charge in [-0.25, -0.2) is 0 Å². The molecule has 1 aromatic rings. The number of hydrogen-bond acceptors (Lipinski definition) is 2. The Balaban J connectivity index is 1.91. The van der Waals surface area contributed by atoms with E-state index >= 15 is 0 Å². The molecule has 0 aliphatic heterocycles. The molecule has 1 saturated carbocycles. The van der Waals surface area contributed by atoms with Gasteiger partial charge >= 0.3 is 0 Å². The molecule has 3 unspecified atom stereocenters. The maximum atomic E-state index is 12.1. The second kappa shape index (κ2) is 7.87. The Morgan fingerprint density at radius 1 is 1.18 bits per heavy atom. The lowest BCUT2D eigenvalue weighted by Crippen LogP contribution is -2.43. The number of halogens is 3. The molecule has 6 heteroatoms. The van der Waals surface area contributed by atoms with Crippen LogP contribution in [-0.4, -0.2) is 18.5 Å². The van der Waals surface area contributed by atoms with Gasteiger partial charge in [0.15, 0.2) is 0 Å². The Hall–Kier alpha value is -0.480. The highest BCUT2D eigenvalue weighted by Crippen LogP contribution is 2.33. The zero-order valence-electron chi connectivity index (χ0n) is 12.8. The van der Waals surface area contributed by atoms with Crippen LogP contribution in [0.5, 0.6) is 0 Å². The van der Waals surface area contributed by atoms with Crippen molar-refractivity contribution in [2.45, 2.75) is 39.2 Å². The van der Waals surface area contributed by atoms with Gasteiger partial charge < -0.3 is 10.6 Å². The molecule has 0 spiro atoms. The first-order valence-corrected chi connectivity index (χ1v) is 8.69. The Bertz CT molecular complexity index is 527. The summed E-state index contributed by atoms with van der Waals surface area (Å²) in [5.41, 5.74) is 0.407. The molecule has 0 radical (unpaired) electrons. The lowest BCUT2D eigenvalue weighted by atomic mass is 9.78. The fourth-order valence-electron chi connectivity index (χ4n) is 2.94. The number of amides is 1. The van der Waals surface area contributed by atoms with Gasteiger partial charge in [0.2, 0.25) is 5.91 Å². The molecule has 1 aliphatic rings. The third-order valence-corrected chi connectivity index (χ3v) is 5.32. The molecule has 1 fully saturated rings. The Labute approximate surface area is 146 Å². The van der Waals surface area contributed by atoms with Gasteiger partial charge in [-0.3, -0.25) is 4.79 Å². The third kappa shape index (κ3) is 4.51. The van der Waals surface area contributed by atoms with Crippen molar-refractivity contribution in [2.75, 3.05) is 11.9 Å². The highest BCUT2D eigenvalue weighted by molar-refractivity contribution is 6.42. The van der Waals surface area contributed by atoms with Crippen LogP contribution in [0.2, 0.25) is 15.1 Å². The smallest absolute Gasteiger partial charge is 0.238 e. The predicted octanol–water partition coefficient (Wildman–Crippen LogP) is 5.00. The zero-order chi connectivity index (χ0) is 16.3. The number of rotatable bonds is 4. The average molecular weight is 364 g/mol. The second-order valence-electron chi connectivity index (χ2n) is 6.05.